The van der Waals surface area contributed by atoms with E-state index >= 15 is 0 Å². The van der Waals surface area contributed by atoms with Crippen LogP contribution in [0.15, 0.2) is 58.0 Å². The van der Waals surface area contributed by atoms with Gasteiger partial charge in [0.1, 0.15) is 18.0 Å². The van der Waals surface area contributed by atoms with Crippen molar-refractivity contribution in [1.82, 2.24) is 30.0 Å². The normalized spacial score (nSPS) is 21.7. The first kappa shape index (κ1) is 27.4. The van der Waals surface area contributed by atoms with Gasteiger partial charge in [-0.2, -0.15) is 13.9 Å². The molecule has 2 aromatic rings. The number of carbonyl (C=O) groups excluding carboxylic acids is 2. The van der Waals surface area contributed by atoms with Gasteiger partial charge in [0.05, 0.1) is 11.3 Å². The average Bonchev–Trinajstić information content (AvgIpc) is 3.73. The summed E-state index contributed by atoms with van der Waals surface area (Å²) in [5.74, 6) is 0.317. The van der Waals surface area contributed by atoms with Crippen molar-refractivity contribution < 1.29 is 23.1 Å². The van der Waals surface area contributed by atoms with Crippen molar-refractivity contribution in [3.63, 3.8) is 0 Å². The van der Waals surface area contributed by atoms with E-state index in [4.69, 9.17) is 4.74 Å². The maximum atomic E-state index is 13.4. The number of hydrogen-bond acceptors (Lipinski definition) is 9. The van der Waals surface area contributed by atoms with Crippen LogP contribution in [0.25, 0.3) is 11.3 Å². The number of nitrogens with one attached hydrogen (secondary N) is 2. The van der Waals surface area contributed by atoms with Crippen LogP contribution in [0, 0.1) is 5.92 Å². The summed E-state index contributed by atoms with van der Waals surface area (Å²) in [5.41, 5.74) is 4.22. The fraction of sp³-hybridized carbons (Fsp3) is 0.407. The third kappa shape index (κ3) is 5.46. The maximum Gasteiger partial charge on any atom is 0.387 e. The fourth-order valence-electron chi connectivity index (χ4n) is 5.77. The van der Waals surface area contributed by atoms with Gasteiger partial charge in [0.25, 0.3) is 5.91 Å². The number of likely N-dealkylation sites (N-methyl/N-ethyl adjacent to an activating group) is 1. The van der Waals surface area contributed by atoms with Crippen LogP contribution < -0.4 is 15.5 Å². The van der Waals surface area contributed by atoms with Crippen LogP contribution in [0.2, 0.25) is 0 Å². The molecule has 0 bridgehead atoms. The molecule has 2 fully saturated rings. The van der Waals surface area contributed by atoms with Crippen LogP contribution in [0.3, 0.4) is 0 Å². The van der Waals surface area contributed by atoms with Crippen molar-refractivity contribution >= 4 is 35.5 Å². The molecule has 2 saturated heterocycles. The number of thioether (sulfide) groups is 1. The first-order valence-electron chi connectivity index (χ1n) is 13.3. The van der Waals surface area contributed by atoms with Gasteiger partial charge in [-0.25, -0.2) is 10.4 Å². The molecule has 0 aliphatic carbocycles. The summed E-state index contributed by atoms with van der Waals surface area (Å²) in [7, 11) is 2.08. The number of likely N-dealkylation sites (tertiary alicyclic amines) is 2. The standard InChI is InChI=1S/C27H30F2N8O3S/c1-34-9-6-16-12-35(14-21(16)34)23(38)15-36-13-20(32-26(39)19-11-31-37-8-3-7-30-25(19)37)24(33-36)18-10-17(41-2)4-5-22(18)40-27(28)29/h3-5,7-8,10,13,16,21,27,31H,6,9,11-12,14-15H2,1-2H3,(H,32,39). The number of rotatable bonds is 8. The van der Waals surface area contributed by atoms with Crippen LogP contribution in [0.1, 0.15) is 6.42 Å². The Hall–Kier alpha value is -3.75. The minimum atomic E-state index is -3.05. The molecule has 1 aromatic heterocycles. The second kappa shape index (κ2) is 11.3. The highest BCUT2D eigenvalue weighted by atomic mass is 32.2. The topological polar surface area (TPSA) is 107 Å². The van der Waals surface area contributed by atoms with Gasteiger partial charge < -0.3 is 19.9 Å². The van der Waals surface area contributed by atoms with E-state index in [1.54, 1.807) is 41.8 Å². The van der Waals surface area contributed by atoms with Gasteiger partial charge in [-0.05, 0) is 56.5 Å². The number of nitrogens with zero attached hydrogens (tertiary/aromatic N) is 6. The Morgan fingerprint density at radius 1 is 1.29 bits per heavy atom. The molecule has 2 N–H and O–H groups in total. The zero-order valence-electron chi connectivity index (χ0n) is 22.6. The van der Waals surface area contributed by atoms with Gasteiger partial charge in [-0.1, -0.05) is 0 Å². The molecule has 0 radical (unpaired) electrons. The van der Waals surface area contributed by atoms with Crippen molar-refractivity contribution in [2.75, 3.05) is 44.8 Å². The fourth-order valence-corrected chi connectivity index (χ4v) is 6.21. The van der Waals surface area contributed by atoms with E-state index in [9.17, 15) is 18.4 Å². The maximum absolute atomic E-state index is 13.4. The zero-order valence-corrected chi connectivity index (χ0v) is 23.4. The highest BCUT2D eigenvalue weighted by Crippen LogP contribution is 2.38. The van der Waals surface area contributed by atoms with E-state index in [1.807, 2.05) is 11.2 Å². The molecular weight excluding hydrogens is 554 g/mol. The molecule has 2 unspecified atom stereocenters. The summed E-state index contributed by atoms with van der Waals surface area (Å²) < 4.78 is 32.9. The monoisotopic (exact) mass is 584 g/mol. The molecule has 4 aliphatic rings. The van der Waals surface area contributed by atoms with Crippen molar-refractivity contribution in [1.29, 1.82) is 0 Å². The van der Waals surface area contributed by atoms with Crippen molar-refractivity contribution in [2.45, 2.75) is 30.5 Å². The second-order valence-electron chi connectivity index (χ2n) is 10.3. The number of ether oxygens (including phenoxy) is 1. The third-order valence-corrected chi connectivity index (χ3v) is 8.58. The van der Waals surface area contributed by atoms with E-state index in [-0.39, 0.29) is 41.7 Å². The number of anilines is 1. The molecule has 1 aromatic carbocycles. The number of aliphatic imine (C=N–C) groups is 1. The van der Waals surface area contributed by atoms with Gasteiger partial charge in [-0.15, -0.1) is 11.8 Å². The molecule has 216 valence electrons. The molecule has 6 rings (SSSR count). The predicted octanol–water partition coefficient (Wildman–Crippen LogP) is 2.60. The van der Waals surface area contributed by atoms with E-state index < -0.39 is 12.5 Å². The molecule has 2 amide bonds. The summed E-state index contributed by atoms with van der Waals surface area (Å²) in [4.78, 5) is 35.9. The lowest BCUT2D eigenvalue weighted by Gasteiger charge is -2.20. The largest absolute Gasteiger partial charge is 0.434 e. The SMILES string of the molecule is CSc1ccc(OC(F)F)c(-c2nn(CC(=O)N3CC4CCN(C)C4C3)cc2NC(=O)C2=C3N=CC=CN3NC2)c1. The van der Waals surface area contributed by atoms with E-state index in [2.05, 4.69) is 32.8 Å². The van der Waals surface area contributed by atoms with Crippen molar-refractivity contribution in [2.24, 2.45) is 10.9 Å². The molecular formula is C27H30F2N8O3S. The number of halogens is 2. The highest BCUT2D eigenvalue weighted by molar-refractivity contribution is 7.98. The Morgan fingerprint density at radius 3 is 2.93 bits per heavy atom. The van der Waals surface area contributed by atoms with Gasteiger partial charge in [0.15, 0.2) is 5.82 Å². The Morgan fingerprint density at radius 2 is 2.15 bits per heavy atom. The smallest absolute Gasteiger partial charge is 0.387 e. The lowest BCUT2D eigenvalue weighted by atomic mass is 10.1. The number of alkyl halides is 2. The van der Waals surface area contributed by atoms with Crippen molar-refractivity contribution in [3.8, 4) is 17.0 Å². The predicted molar refractivity (Wildman–Crippen MR) is 150 cm³/mol. The molecule has 2 atom stereocenters. The summed E-state index contributed by atoms with van der Waals surface area (Å²) in [6, 6.07) is 5.17. The number of amides is 2. The summed E-state index contributed by atoms with van der Waals surface area (Å²) in [5, 5.41) is 9.14. The molecule has 11 nitrogen and oxygen atoms in total. The molecule has 14 heteroatoms. The average molecular weight is 585 g/mol. The Bertz CT molecular complexity index is 1460. The molecule has 4 aliphatic heterocycles. The summed E-state index contributed by atoms with van der Waals surface area (Å²) in [6.45, 7) is -0.467. The lowest BCUT2D eigenvalue weighted by molar-refractivity contribution is -0.131. The van der Waals surface area contributed by atoms with Gasteiger partial charge in [0, 0.05) is 54.7 Å². The van der Waals surface area contributed by atoms with Crippen LogP contribution >= 0.6 is 11.8 Å². The van der Waals surface area contributed by atoms with Crippen LogP contribution in [0.5, 0.6) is 5.75 Å². The zero-order chi connectivity index (χ0) is 28.7. The summed E-state index contributed by atoms with van der Waals surface area (Å²) >= 11 is 1.43. The van der Waals surface area contributed by atoms with E-state index in [1.165, 1.54) is 22.5 Å². The number of fused-ring (bicyclic) bond motifs is 2. The van der Waals surface area contributed by atoms with Gasteiger partial charge in [-0.3, -0.25) is 19.3 Å². The second-order valence-corrected chi connectivity index (χ2v) is 11.2. The Labute approximate surface area is 239 Å². The highest BCUT2D eigenvalue weighted by Gasteiger charge is 2.41. The Balaban J connectivity index is 1.32. The number of hydrazine groups is 1. The molecule has 41 heavy (non-hydrogen) atoms. The van der Waals surface area contributed by atoms with Gasteiger partial charge in [0.2, 0.25) is 5.91 Å². The first-order chi connectivity index (χ1) is 19.8. The lowest BCUT2D eigenvalue weighted by Crippen LogP contribution is -2.36. The quantitative estimate of drug-likeness (QED) is 0.457. The van der Waals surface area contributed by atoms with E-state index in [0.29, 0.717) is 36.4 Å². The molecule has 5 heterocycles. The number of allylic oxidation sites excluding steroid dienone is 1. The Kier molecular flexibility index (Phi) is 7.53. The van der Waals surface area contributed by atoms with Crippen LogP contribution in [-0.4, -0.2) is 94.8 Å². The van der Waals surface area contributed by atoms with E-state index in [0.717, 1.165) is 17.9 Å². The van der Waals surface area contributed by atoms with Crippen LogP contribution in [0.4, 0.5) is 14.5 Å². The molecule has 0 spiro atoms. The van der Waals surface area contributed by atoms with Crippen LogP contribution in [-0.2, 0) is 16.1 Å². The number of aromatic nitrogens is 2. The number of benzene rings is 1. The number of carbonyl (C=O) groups is 2. The van der Waals surface area contributed by atoms with Gasteiger partial charge >= 0.3 is 6.61 Å². The summed E-state index contributed by atoms with van der Waals surface area (Å²) in [6.07, 6.45) is 9.57. The molecule has 0 saturated carbocycles. The van der Waals surface area contributed by atoms with Crippen molar-refractivity contribution in [3.05, 3.63) is 48.1 Å². The minimum absolute atomic E-state index is 0.0579. The number of hydrogen-bond donors (Lipinski definition) is 2. The first-order valence-corrected chi connectivity index (χ1v) is 14.5. The minimum Gasteiger partial charge on any atom is -0.434 e. The third-order valence-electron chi connectivity index (χ3n) is 7.86.